The third kappa shape index (κ3) is 5.40. The average Bonchev–Trinajstić information content (AvgIpc) is 3.27. The summed E-state index contributed by atoms with van der Waals surface area (Å²) in [6.07, 6.45) is 4.93. The number of carboxylic acids is 1. The first-order valence-corrected chi connectivity index (χ1v) is 9.39. The van der Waals surface area contributed by atoms with Gasteiger partial charge in [0.25, 0.3) is 5.91 Å². The molecule has 156 valence electrons. The molecule has 9 heteroatoms. The van der Waals surface area contributed by atoms with Gasteiger partial charge in [0.05, 0.1) is 11.6 Å². The van der Waals surface area contributed by atoms with Crippen LogP contribution in [0.4, 0.5) is 0 Å². The number of amides is 1. The number of ether oxygens (including phenoxy) is 1. The number of aromatic nitrogens is 4. The van der Waals surface area contributed by atoms with Crippen molar-refractivity contribution in [2.24, 2.45) is 5.41 Å². The lowest BCUT2D eigenvalue weighted by molar-refractivity contribution is -0.147. The number of pyridine rings is 1. The van der Waals surface area contributed by atoms with Gasteiger partial charge in [-0.25, -0.2) is 14.6 Å². The van der Waals surface area contributed by atoms with Crippen LogP contribution < -0.4 is 10.1 Å². The zero-order valence-corrected chi connectivity index (χ0v) is 16.8. The van der Waals surface area contributed by atoms with Crippen LogP contribution in [0, 0.1) is 5.41 Å². The summed E-state index contributed by atoms with van der Waals surface area (Å²) in [6, 6.07) is 10.6. The molecule has 2 heterocycles. The minimum absolute atomic E-state index is 0.253. The lowest BCUT2D eigenvalue weighted by Crippen LogP contribution is -2.32. The minimum Gasteiger partial charge on any atom is -0.487 e. The van der Waals surface area contributed by atoms with Crippen LogP contribution in [0.1, 0.15) is 36.2 Å². The lowest BCUT2D eigenvalue weighted by atomic mass is 9.90. The van der Waals surface area contributed by atoms with Crippen LogP contribution >= 0.6 is 0 Å². The van der Waals surface area contributed by atoms with E-state index in [0.717, 1.165) is 5.56 Å². The highest BCUT2D eigenvalue weighted by atomic mass is 16.5. The highest BCUT2D eigenvalue weighted by molar-refractivity contribution is 5.94. The van der Waals surface area contributed by atoms with Crippen LogP contribution in [-0.4, -0.2) is 43.3 Å². The Morgan fingerprint density at radius 3 is 2.73 bits per heavy atom. The fourth-order valence-electron chi connectivity index (χ4n) is 2.59. The number of hydrogen-bond donors (Lipinski definition) is 2. The number of hydrogen-bond acceptors (Lipinski definition) is 6. The zero-order valence-electron chi connectivity index (χ0n) is 16.8. The Morgan fingerprint density at radius 1 is 1.23 bits per heavy atom. The number of nitrogens with one attached hydrogen (secondary N) is 1. The van der Waals surface area contributed by atoms with Crippen molar-refractivity contribution in [2.75, 3.05) is 6.54 Å². The third-order valence-electron chi connectivity index (χ3n) is 4.58. The van der Waals surface area contributed by atoms with Crippen LogP contribution in [0.15, 0.2) is 55.2 Å². The van der Waals surface area contributed by atoms with Gasteiger partial charge < -0.3 is 15.2 Å². The number of benzene rings is 1. The molecule has 0 aliphatic rings. The van der Waals surface area contributed by atoms with Crippen molar-refractivity contribution >= 4 is 11.9 Å². The molecule has 0 aliphatic heterocycles. The second kappa shape index (κ2) is 9.17. The predicted octanol–water partition coefficient (Wildman–Crippen LogP) is 2.47. The minimum atomic E-state index is -0.889. The van der Waals surface area contributed by atoms with Gasteiger partial charge in [0.15, 0.2) is 5.82 Å². The number of carboxylic acid groups (broad SMARTS) is 1. The van der Waals surface area contributed by atoms with Gasteiger partial charge in [-0.2, -0.15) is 5.10 Å². The van der Waals surface area contributed by atoms with Crippen molar-refractivity contribution < 1.29 is 19.4 Å². The van der Waals surface area contributed by atoms with Crippen molar-refractivity contribution in [3.63, 3.8) is 0 Å². The maximum Gasteiger partial charge on any atom is 0.309 e. The highest BCUT2D eigenvalue weighted by Gasteiger charge is 2.26. The van der Waals surface area contributed by atoms with Crippen LogP contribution in [0.25, 0.3) is 5.82 Å². The van der Waals surface area contributed by atoms with Gasteiger partial charge >= 0.3 is 5.97 Å². The van der Waals surface area contributed by atoms with Gasteiger partial charge in [0.1, 0.15) is 25.0 Å². The molecule has 0 saturated heterocycles. The summed E-state index contributed by atoms with van der Waals surface area (Å²) in [6.45, 7) is 3.82. The quantitative estimate of drug-likeness (QED) is 0.557. The van der Waals surface area contributed by atoms with Crippen LogP contribution in [-0.2, 0) is 11.4 Å². The molecular weight excluding hydrogens is 386 g/mol. The second-order valence-corrected chi connectivity index (χ2v) is 7.38. The molecule has 0 atom stereocenters. The topological polar surface area (TPSA) is 119 Å². The summed E-state index contributed by atoms with van der Waals surface area (Å²) in [5, 5.41) is 15.9. The van der Waals surface area contributed by atoms with Crippen molar-refractivity contribution in [3.8, 4) is 11.6 Å². The van der Waals surface area contributed by atoms with Gasteiger partial charge in [-0.05, 0) is 50.1 Å². The molecule has 0 bridgehead atoms. The summed E-state index contributed by atoms with van der Waals surface area (Å²) < 4.78 is 7.29. The summed E-state index contributed by atoms with van der Waals surface area (Å²) in [5.41, 5.74) is 0.429. The Kier molecular flexibility index (Phi) is 6.41. The Balaban J connectivity index is 1.53. The van der Waals surface area contributed by atoms with Crippen molar-refractivity contribution in [2.45, 2.75) is 26.9 Å². The fraction of sp³-hybridized carbons (Fsp3) is 0.286. The maximum absolute atomic E-state index is 12.4. The van der Waals surface area contributed by atoms with Crippen LogP contribution in [0.2, 0.25) is 0 Å². The SMILES string of the molecule is CC(C)(CCNC(=O)c1cccc(COc2ccc(-n3cncn3)nc2)c1)C(=O)O. The van der Waals surface area contributed by atoms with Crippen molar-refractivity contribution in [1.82, 2.24) is 25.1 Å². The molecule has 30 heavy (non-hydrogen) atoms. The Labute approximate surface area is 173 Å². The van der Waals surface area contributed by atoms with Gasteiger partial charge in [-0.1, -0.05) is 12.1 Å². The van der Waals surface area contributed by atoms with E-state index >= 15 is 0 Å². The first-order chi connectivity index (χ1) is 14.3. The molecule has 3 aromatic rings. The monoisotopic (exact) mass is 409 g/mol. The standard InChI is InChI=1S/C21H23N5O4/c1-21(2,20(28)29)8-9-23-19(27)16-5-3-4-15(10-16)12-30-17-6-7-18(24-11-17)26-14-22-13-25-26/h3-7,10-11,13-14H,8-9,12H2,1-2H3,(H,23,27)(H,28,29). The number of rotatable bonds is 9. The van der Waals surface area contributed by atoms with Gasteiger partial charge in [0, 0.05) is 12.1 Å². The molecule has 3 rings (SSSR count). The van der Waals surface area contributed by atoms with E-state index in [4.69, 9.17) is 9.84 Å². The normalized spacial score (nSPS) is 11.1. The first-order valence-electron chi connectivity index (χ1n) is 9.39. The van der Waals surface area contributed by atoms with E-state index in [1.807, 2.05) is 6.07 Å². The van der Waals surface area contributed by atoms with E-state index in [1.54, 1.807) is 61.4 Å². The van der Waals surface area contributed by atoms with E-state index in [9.17, 15) is 9.59 Å². The summed E-state index contributed by atoms with van der Waals surface area (Å²) in [4.78, 5) is 31.6. The first kappa shape index (κ1) is 21.0. The molecule has 0 fully saturated rings. The molecule has 2 N–H and O–H groups in total. The summed E-state index contributed by atoms with van der Waals surface area (Å²) in [7, 11) is 0. The highest BCUT2D eigenvalue weighted by Crippen LogP contribution is 2.19. The largest absolute Gasteiger partial charge is 0.487 e. The van der Waals surface area contributed by atoms with E-state index in [0.29, 0.717) is 23.6 Å². The molecule has 1 amide bonds. The molecule has 0 saturated carbocycles. The number of aliphatic carboxylic acids is 1. The van der Waals surface area contributed by atoms with E-state index in [1.165, 1.54) is 6.33 Å². The predicted molar refractivity (Wildman–Crippen MR) is 108 cm³/mol. The smallest absolute Gasteiger partial charge is 0.309 e. The zero-order chi connectivity index (χ0) is 21.6. The molecule has 0 aliphatic carbocycles. The molecule has 0 radical (unpaired) electrons. The average molecular weight is 409 g/mol. The molecule has 2 aromatic heterocycles. The molecule has 0 unspecified atom stereocenters. The molecule has 0 spiro atoms. The van der Waals surface area contributed by atoms with Crippen LogP contribution in [0.3, 0.4) is 0 Å². The van der Waals surface area contributed by atoms with Crippen LogP contribution in [0.5, 0.6) is 5.75 Å². The van der Waals surface area contributed by atoms with E-state index in [2.05, 4.69) is 20.4 Å². The number of carbonyl (C=O) groups excluding carboxylic acids is 1. The molecule has 9 nitrogen and oxygen atoms in total. The number of nitrogens with zero attached hydrogens (tertiary/aromatic N) is 4. The Bertz CT molecular complexity index is 1000. The van der Waals surface area contributed by atoms with Gasteiger partial charge in [0.2, 0.25) is 0 Å². The molecular formula is C21H23N5O4. The summed E-state index contributed by atoms with van der Waals surface area (Å²) >= 11 is 0. The van der Waals surface area contributed by atoms with Gasteiger partial charge in [-0.15, -0.1) is 0 Å². The van der Waals surface area contributed by atoms with Crippen molar-refractivity contribution in [1.29, 1.82) is 0 Å². The fourth-order valence-corrected chi connectivity index (χ4v) is 2.59. The van der Waals surface area contributed by atoms with Crippen molar-refractivity contribution in [3.05, 3.63) is 66.4 Å². The van der Waals surface area contributed by atoms with Gasteiger partial charge in [-0.3, -0.25) is 9.59 Å². The molecule has 1 aromatic carbocycles. The third-order valence-corrected chi connectivity index (χ3v) is 4.58. The van der Waals surface area contributed by atoms with E-state index < -0.39 is 11.4 Å². The number of carbonyl (C=O) groups is 2. The lowest BCUT2D eigenvalue weighted by Gasteiger charge is -2.18. The Hall–Kier alpha value is -3.75. The van der Waals surface area contributed by atoms with E-state index in [-0.39, 0.29) is 19.1 Å². The Morgan fingerprint density at radius 2 is 2.07 bits per heavy atom. The maximum atomic E-state index is 12.4. The summed E-state index contributed by atoms with van der Waals surface area (Å²) in [5.74, 6) is 0.0748. The second-order valence-electron chi connectivity index (χ2n) is 7.38.